The Hall–Kier alpha value is -1.62. The topological polar surface area (TPSA) is 38.1 Å². The first-order chi connectivity index (χ1) is 11.0. The third-order valence-corrected chi connectivity index (χ3v) is 5.78. The fourth-order valence-electron chi connectivity index (χ4n) is 3.34. The number of thiophene rings is 1. The summed E-state index contributed by atoms with van der Waals surface area (Å²) in [5, 5.41) is 2.01. The molecule has 3 rings (SSSR count). The van der Waals surface area contributed by atoms with Gasteiger partial charge in [-0.3, -0.25) is 4.79 Å². The van der Waals surface area contributed by atoms with Crippen LogP contribution in [0.1, 0.15) is 65.3 Å². The Morgan fingerprint density at radius 1 is 1.43 bits per heavy atom. The fraction of sp³-hybridized carbons (Fsp3) is 0.556. The molecule has 124 valence electrons. The highest BCUT2D eigenvalue weighted by molar-refractivity contribution is 7.10. The number of nitrogens with zero attached hydrogens (tertiary/aromatic N) is 3. The third kappa shape index (κ3) is 3.34. The summed E-state index contributed by atoms with van der Waals surface area (Å²) >= 11 is 1.69. The van der Waals surface area contributed by atoms with Gasteiger partial charge in [0.1, 0.15) is 5.82 Å². The molecule has 0 radical (unpaired) electrons. The first-order valence-corrected chi connectivity index (χ1v) is 9.21. The molecule has 4 nitrogen and oxygen atoms in total. The molecule has 1 saturated heterocycles. The van der Waals surface area contributed by atoms with Crippen molar-refractivity contribution >= 4 is 17.2 Å². The second kappa shape index (κ2) is 6.48. The number of hydrogen-bond acceptors (Lipinski definition) is 3. The molecule has 5 heteroatoms. The van der Waals surface area contributed by atoms with Crippen LogP contribution in [0.2, 0.25) is 0 Å². The summed E-state index contributed by atoms with van der Waals surface area (Å²) in [7, 11) is 2.05. The summed E-state index contributed by atoms with van der Waals surface area (Å²) in [6, 6.07) is 2.06. The SMILES string of the molecule is Cc1cn(C)c(C2CCCN(C(=O)c3csc(C(C)C)c3)C2)n1. The predicted molar refractivity (Wildman–Crippen MR) is 94.2 cm³/mol. The van der Waals surface area contributed by atoms with E-state index in [1.807, 2.05) is 24.3 Å². The van der Waals surface area contributed by atoms with Gasteiger partial charge in [0, 0.05) is 42.5 Å². The average molecular weight is 331 g/mol. The van der Waals surface area contributed by atoms with Crippen molar-refractivity contribution in [3.8, 4) is 0 Å². The maximum Gasteiger partial charge on any atom is 0.254 e. The van der Waals surface area contributed by atoms with Crippen molar-refractivity contribution in [1.82, 2.24) is 14.5 Å². The number of rotatable bonds is 3. The summed E-state index contributed by atoms with van der Waals surface area (Å²) in [6.45, 7) is 7.98. The normalized spacial score (nSPS) is 18.7. The number of imidazole rings is 1. The van der Waals surface area contributed by atoms with Gasteiger partial charge in [0.15, 0.2) is 0 Å². The second-order valence-corrected chi connectivity index (χ2v) is 7.78. The maximum absolute atomic E-state index is 12.8. The van der Waals surface area contributed by atoms with Crippen molar-refractivity contribution in [2.45, 2.75) is 45.4 Å². The van der Waals surface area contributed by atoms with Crippen molar-refractivity contribution in [2.24, 2.45) is 7.05 Å². The molecule has 2 aromatic rings. The fourth-order valence-corrected chi connectivity index (χ4v) is 4.24. The Bertz CT molecular complexity index is 701. The number of carbonyl (C=O) groups is 1. The van der Waals surface area contributed by atoms with Crippen LogP contribution in [0.3, 0.4) is 0 Å². The molecule has 0 spiro atoms. The molecule has 1 aliphatic heterocycles. The van der Waals surface area contributed by atoms with Gasteiger partial charge in [-0.1, -0.05) is 13.8 Å². The molecule has 1 aliphatic rings. The van der Waals surface area contributed by atoms with Gasteiger partial charge in [-0.05, 0) is 31.7 Å². The molecule has 3 heterocycles. The maximum atomic E-state index is 12.8. The zero-order valence-corrected chi connectivity index (χ0v) is 15.2. The number of piperidine rings is 1. The van der Waals surface area contributed by atoms with E-state index >= 15 is 0 Å². The van der Waals surface area contributed by atoms with Crippen LogP contribution in [-0.2, 0) is 7.05 Å². The lowest BCUT2D eigenvalue weighted by molar-refractivity contribution is 0.0704. The molecule has 0 aromatic carbocycles. The van der Waals surface area contributed by atoms with E-state index in [4.69, 9.17) is 0 Å². The first kappa shape index (κ1) is 16.2. The van der Waals surface area contributed by atoms with Crippen LogP contribution in [0.25, 0.3) is 0 Å². The summed E-state index contributed by atoms with van der Waals surface area (Å²) < 4.78 is 2.11. The van der Waals surface area contributed by atoms with Crippen molar-refractivity contribution in [2.75, 3.05) is 13.1 Å². The van der Waals surface area contributed by atoms with E-state index in [1.54, 1.807) is 11.3 Å². The van der Waals surface area contributed by atoms with Gasteiger partial charge in [0.2, 0.25) is 0 Å². The number of likely N-dealkylation sites (tertiary alicyclic amines) is 1. The lowest BCUT2D eigenvalue weighted by atomic mass is 9.96. The molecule has 2 aromatic heterocycles. The zero-order chi connectivity index (χ0) is 16.6. The number of carbonyl (C=O) groups excluding carboxylic acids is 1. The van der Waals surface area contributed by atoms with Crippen LogP contribution in [0.4, 0.5) is 0 Å². The monoisotopic (exact) mass is 331 g/mol. The Balaban J connectivity index is 1.75. The highest BCUT2D eigenvalue weighted by Crippen LogP contribution is 2.29. The quantitative estimate of drug-likeness (QED) is 0.854. The summed E-state index contributed by atoms with van der Waals surface area (Å²) in [4.78, 5) is 20.7. The molecule has 0 N–H and O–H groups in total. The van der Waals surface area contributed by atoms with Gasteiger partial charge in [-0.2, -0.15) is 0 Å². The van der Waals surface area contributed by atoms with Gasteiger partial charge in [0.05, 0.1) is 11.3 Å². The van der Waals surface area contributed by atoms with Crippen LogP contribution < -0.4 is 0 Å². The van der Waals surface area contributed by atoms with E-state index in [0.29, 0.717) is 11.8 Å². The predicted octanol–water partition coefficient (Wildman–Crippen LogP) is 3.93. The third-order valence-electron chi connectivity index (χ3n) is 4.54. The van der Waals surface area contributed by atoms with Gasteiger partial charge >= 0.3 is 0 Å². The molecular weight excluding hydrogens is 306 g/mol. The smallest absolute Gasteiger partial charge is 0.254 e. The van der Waals surface area contributed by atoms with Gasteiger partial charge in [0.25, 0.3) is 5.91 Å². The molecule has 23 heavy (non-hydrogen) atoms. The molecule has 0 saturated carbocycles. The number of amides is 1. The van der Waals surface area contributed by atoms with Crippen LogP contribution in [0.5, 0.6) is 0 Å². The van der Waals surface area contributed by atoms with Crippen LogP contribution >= 0.6 is 11.3 Å². The summed E-state index contributed by atoms with van der Waals surface area (Å²) in [5.74, 6) is 2.10. The van der Waals surface area contributed by atoms with E-state index in [1.165, 1.54) is 4.88 Å². The van der Waals surface area contributed by atoms with Gasteiger partial charge in [-0.25, -0.2) is 4.98 Å². The molecule has 1 amide bonds. The Morgan fingerprint density at radius 2 is 2.22 bits per heavy atom. The molecule has 0 bridgehead atoms. The van der Waals surface area contributed by atoms with E-state index in [0.717, 1.165) is 43.0 Å². The summed E-state index contributed by atoms with van der Waals surface area (Å²) in [6.07, 6.45) is 4.21. The van der Waals surface area contributed by atoms with Crippen LogP contribution in [0.15, 0.2) is 17.6 Å². The highest BCUT2D eigenvalue weighted by atomic mass is 32.1. The first-order valence-electron chi connectivity index (χ1n) is 8.33. The summed E-state index contributed by atoms with van der Waals surface area (Å²) in [5.41, 5.74) is 1.89. The van der Waals surface area contributed by atoms with Crippen molar-refractivity contribution in [3.63, 3.8) is 0 Å². The number of aryl methyl sites for hydroxylation is 2. The molecular formula is C18H25N3OS. The minimum absolute atomic E-state index is 0.170. The van der Waals surface area contributed by atoms with Crippen molar-refractivity contribution < 1.29 is 4.79 Å². The van der Waals surface area contributed by atoms with Crippen LogP contribution in [0, 0.1) is 6.92 Å². The Morgan fingerprint density at radius 3 is 2.83 bits per heavy atom. The van der Waals surface area contributed by atoms with Gasteiger partial charge in [-0.15, -0.1) is 11.3 Å². The Kier molecular flexibility index (Phi) is 4.57. The minimum atomic E-state index is 0.170. The number of aromatic nitrogens is 2. The van der Waals surface area contributed by atoms with E-state index < -0.39 is 0 Å². The minimum Gasteiger partial charge on any atom is -0.338 e. The average Bonchev–Trinajstić information content (AvgIpc) is 3.13. The van der Waals surface area contributed by atoms with Crippen molar-refractivity contribution in [1.29, 1.82) is 0 Å². The molecule has 1 atom stereocenters. The molecule has 0 aliphatic carbocycles. The second-order valence-electron chi connectivity index (χ2n) is 6.83. The van der Waals surface area contributed by atoms with Gasteiger partial charge < -0.3 is 9.47 Å². The molecule has 1 fully saturated rings. The van der Waals surface area contributed by atoms with Crippen molar-refractivity contribution in [3.05, 3.63) is 39.6 Å². The highest BCUT2D eigenvalue weighted by Gasteiger charge is 2.28. The largest absolute Gasteiger partial charge is 0.338 e. The standard InChI is InChI=1S/C18H25N3OS/c1-12(2)16-8-15(11-23-16)18(22)21-7-5-6-14(10-21)17-19-13(3)9-20(17)4/h8-9,11-12,14H,5-7,10H2,1-4H3. The lowest BCUT2D eigenvalue weighted by Crippen LogP contribution is -2.39. The van der Waals surface area contributed by atoms with E-state index in [9.17, 15) is 4.79 Å². The van der Waals surface area contributed by atoms with E-state index in [-0.39, 0.29) is 5.91 Å². The zero-order valence-electron chi connectivity index (χ0n) is 14.4. The van der Waals surface area contributed by atoms with E-state index in [2.05, 4.69) is 35.7 Å². The van der Waals surface area contributed by atoms with Crippen LogP contribution in [-0.4, -0.2) is 33.4 Å². The number of hydrogen-bond donors (Lipinski definition) is 0. The molecule has 1 unspecified atom stereocenters. The Labute approximate surface area is 142 Å². The lowest BCUT2D eigenvalue weighted by Gasteiger charge is -2.32.